The average Bonchev–Trinajstić information content (AvgIpc) is 3.11. The van der Waals surface area contributed by atoms with Crippen LogP contribution in [0.15, 0.2) is 24.7 Å². The minimum Gasteiger partial charge on any atom is -0.341 e. The van der Waals surface area contributed by atoms with Gasteiger partial charge in [0.05, 0.1) is 6.20 Å². The second kappa shape index (κ2) is 6.11. The minimum atomic E-state index is 0.160. The molecule has 0 aromatic carbocycles. The van der Waals surface area contributed by atoms with E-state index in [1.54, 1.807) is 17.1 Å². The van der Waals surface area contributed by atoms with Crippen molar-refractivity contribution < 1.29 is 4.79 Å². The van der Waals surface area contributed by atoms with Crippen molar-refractivity contribution in [1.29, 1.82) is 0 Å². The van der Waals surface area contributed by atoms with E-state index >= 15 is 0 Å². The zero-order chi connectivity index (χ0) is 14.7. The third kappa shape index (κ3) is 3.51. The number of aromatic nitrogens is 4. The number of rotatable bonds is 4. The Hall–Kier alpha value is -2.11. The largest absolute Gasteiger partial charge is 0.341 e. The van der Waals surface area contributed by atoms with E-state index in [-0.39, 0.29) is 5.91 Å². The number of aryl methyl sites for hydroxylation is 1. The van der Waals surface area contributed by atoms with Crippen LogP contribution in [0.3, 0.4) is 0 Å². The topological polar surface area (TPSA) is 66.8 Å². The molecule has 1 N–H and O–H groups in total. The average molecular weight is 287 g/mol. The van der Waals surface area contributed by atoms with Crippen LogP contribution in [0.25, 0.3) is 0 Å². The first-order valence-electron chi connectivity index (χ1n) is 7.46. The molecule has 21 heavy (non-hydrogen) atoms. The molecule has 112 valence electrons. The first-order valence-corrected chi connectivity index (χ1v) is 7.46. The van der Waals surface area contributed by atoms with Crippen molar-refractivity contribution in [3.63, 3.8) is 0 Å². The Labute approximate surface area is 124 Å². The fourth-order valence-corrected chi connectivity index (χ4v) is 2.96. The highest BCUT2D eigenvalue weighted by Crippen LogP contribution is 2.20. The van der Waals surface area contributed by atoms with E-state index in [1.165, 1.54) is 6.42 Å². The molecule has 3 rings (SSSR count). The lowest BCUT2D eigenvalue weighted by Gasteiger charge is -2.32. The summed E-state index contributed by atoms with van der Waals surface area (Å²) in [4.78, 5) is 14.3. The molecule has 1 atom stereocenters. The van der Waals surface area contributed by atoms with Gasteiger partial charge in [0.2, 0.25) is 5.91 Å². The summed E-state index contributed by atoms with van der Waals surface area (Å²) in [5, 5.41) is 11.2. The van der Waals surface area contributed by atoms with E-state index in [9.17, 15) is 4.79 Å². The molecule has 6 heteroatoms. The molecule has 3 heterocycles. The fourth-order valence-electron chi connectivity index (χ4n) is 2.96. The summed E-state index contributed by atoms with van der Waals surface area (Å²) in [5.74, 6) is 0.676. The van der Waals surface area contributed by atoms with E-state index in [2.05, 4.69) is 15.3 Å². The van der Waals surface area contributed by atoms with Crippen LogP contribution in [-0.2, 0) is 17.8 Å². The van der Waals surface area contributed by atoms with Crippen LogP contribution in [0.1, 0.15) is 24.1 Å². The second-order valence-corrected chi connectivity index (χ2v) is 5.85. The van der Waals surface area contributed by atoms with Gasteiger partial charge < -0.3 is 4.90 Å². The third-order valence-electron chi connectivity index (χ3n) is 4.00. The van der Waals surface area contributed by atoms with Crippen LogP contribution < -0.4 is 0 Å². The Kier molecular flexibility index (Phi) is 4.03. The van der Waals surface area contributed by atoms with Gasteiger partial charge in [-0.3, -0.25) is 14.6 Å². The second-order valence-electron chi connectivity index (χ2n) is 5.85. The van der Waals surface area contributed by atoms with Gasteiger partial charge in [-0.1, -0.05) is 0 Å². The number of aromatic amines is 1. The lowest BCUT2D eigenvalue weighted by atomic mass is 9.93. The molecule has 2 aromatic rings. The van der Waals surface area contributed by atoms with Gasteiger partial charge in [0.1, 0.15) is 6.54 Å². The smallest absolute Gasteiger partial charge is 0.244 e. The summed E-state index contributed by atoms with van der Waals surface area (Å²) in [6, 6.07) is 2.01. The molecule has 1 fully saturated rings. The normalized spacial score (nSPS) is 18.9. The molecule has 1 aliphatic rings. The van der Waals surface area contributed by atoms with Crippen LogP contribution in [0, 0.1) is 12.8 Å². The Balaban J connectivity index is 1.56. The molecular weight excluding hydrogens is 266 g/mol. The van der Waals surface area contributed by atoms with Crippen molar-refractivity contribution >= 4 is 5.91 Å². The minimum absolute atomic E-state index is 0.160. The van der Waals surface area contributed by atoms with Crippen LogP contribution >= 0.6 is 0 Å². The zero-order valence-electron chi connectivity index (χ0n) is 12.3. The van der Waals surface area contributed by atoms with Gasteiger partial charge in [0, 0.05) is 31.2 Å². The molecule has 0 saturated carbocycles. The first-order chi connectivity index (χ1) is 10.2. The van der Waals surface area contributed by atoms with Gasteiger partial charge in [-0.05, 0) is 43.7 Å². The van der Waals surface area contributed by atoms with Crippen molar-refractivity contribution in [2.75, 3.05) is 13.1 Å². The van der Waals surface area contributed by atoms with Gasteiger partial charge in [0.25, 0.3) is 0 Å². The number of carbonyl (C=O) groups excluding carboxylic acids is 1. The maximum atomic E-state index is 12.4. The summed E-state index contributed by atoms with van der Waals surface area (Å²) in [7, 11) is 0. The number of carbonyl (C=O) groups is 1. The predicted octanol–water partition coefficient (Wildman–Crippen LogP) is 1.40. The van der Waals surface area contributed by atoms with Crippen LogP contribution in [0.2, 0.25) is 0 Å². The van der Waals surface area contributed by atoms with Gasteiger partial charge in [0.15, 0.2) is 0 Å². The molecule has 0 aliphatic carbocycles. The number of likely N-dealkylation sites (tertiary alicyclic amines) is 1. The molecule has 0 unspecified atom stereocenters. The van der Waals surface area contributed by atoms with E-state index in [1.807, 2.05) is 24.1 Å². The van der Waals surface area contributed by atoms with E-state index in [0.717, 1.165) is 37.2 Å². The number of piperidine rings is 1. The van der Waals surface area contributed by atoms with E-state index < -0.39 is 0 Å². The zero-order valence-corrected chi connectivity index (χ0v) is 12.3. The summed E-state index contributed by atoms with van der Waals surface area (Å²) in [5.41, 5.74) is 2.23. The number of amides is 1. The molecular formula is C15H21N5O. The quantitative estimate of drug-likeness (QED) is 0.924. The maximum Gasteiger partial charge on any atom is 0.244 e. The predicted molar refractivity (Wildman–Crippen MR) is 78.6 cm³/mol. The highest BCUT2D eigenvalue weighted by Gasteiger charge is 2.24. The highest BCUT2D eigenvalue weighted by molar-refractivity contribution is 5.76. The Bertz CT molecular complexity index is 589. The van der Waals surface area contributed by atoms with Gasteiger partial charge in [-0.25, -0.2) is 0 Å². The number of H-pyrrole nitrogens is 1. The number of nitrogens with one attached hydrogen (secondary N) is 1. The summed E-state index contributed by atoms with van der Waals surface area (Å²) < 4.78 is 1.72. The van der Waals surface area contributed by atoms with Crippen molar-refractivity contribution in [1.82, 2.24) is 24.9 Å². The Morgan fingerprint density at radius 3 is 3.14 bits per heavy atom. The summed E-state index contributed by atoms with van der Waals surface area (Å²) in [6.45, 7) is 4.01. The monoisotopic (exact) mass is 287 g/mol. The van der Waals surface area contributed by atoms with Crippen molar-refractivity contribution in [2.45, 2.75) is 32.7 Å². The lowest BCUT2D eigenvalue weighted by Crippen LogP contribution is -2.42. The Morgan fingerprint density at radius 2 is 2.43 bits per heavy atom. The molecule has 6 nitrogen and oxygen atoms in total. The molecule has 1 saturated heterocycles. The third-order valence-corrected chi connectivity index (χ3v) is 4.00. The van der Waals surface area contributed by atoms with Crippen molar-refractivity contribution in [3.05, 3.63) is 35.9 Å². The van der Waals surface area contributed by atoms with Crippen LogP contribution in [0.4, 0.5) is 0 Å². The van der Waals surface area contributed by atoms with E-state index in [4.69, 9.17) is 0 Å². The summed E-state index contributed by atoms with van der Waals surface area (Å²) >= 11 is 0. The molecule has 2 aromatic heterocycles. The van der Waals surface area contributed by atoms with Gasteiger partial charge in [-0.2, -0.15) is 10.2 Å². The SMILES string of the molecule is Cc1cnn(CC(=O)N2CCC[C@@H](Cc3ccn[nH]3)C2)c1. The molecule has 1 amide bonds. The molecule has 0 radical (unpaired) electrons. The van der Waals surface area contributed by atoms with Crippen LogP contribution in [-0.4, -0.2) is 43.9 Å². The van der Waals surface area contributed by atoms with Crippen LogP contribution in [0.5, 0.6) is 0 Å². The Morgan fingerprint density at radius 1 is 1.52 bits per heavy atom. The fraction of sp³-hybridized carbons (Fsp3) is 0.533. The number of nitrogens with zero attached hydrogens (tertiary/aromatic N) is 4. The maximum absolute atomic E-state index is 12.4. The first kappa shape index (κ1) is 13.9. The molecule has 0 spiro atoms. The number of hydrogen-bond donors (Lipinski definition) is 1. The van der Waals surface area contributed by atoms with Gasteiger partial charge >= 0.3 is 0 Å². The number of hydrogen-bond acceptors (Lipinski definition) is 3. The highest BCUT2D eigenvalue weighted by atomic mass is 16.2. The van der Waals surface area contributed by atoms with Gasteiger partial charge in [-0.15, -0.1) is 0 Å². The van der Waals surface area contributed by atoms with Crippen molar-refractivity contribution in [2.24, 2.45) is 5.92 Å². The summed E-state index contributed by atoms with van der Waals surface area (Å²) in [6.07, 6.45) is 8.67. The van der Waals surface area contributed by atoms with E-state index in [0.29, 0.717) is 12.5 Å². The van der Waals surface area contributed by atoms with Crippen molar-refractivity contribution in [3.8, 4) is 0 Å². The molecule has 1 aliphatic heterocycles. The molecule has 0 bridgehead atoms. The standard InChI is InChI=1S/C15H21N5O/c1-12-8-17-20(9-12)11-15(21)19-6-2-3-13(10-19)7-14-4-5-16-18-14/h4-5,8-9,13H,2-3,6-7,10-11H2,1H3,(H,16,18)/t13-/m0/s1. The lowest BCUT2D eigenvalue weighted by molar-refractivity contribution is -0.133.